The molecule has 0 radical (unpaired) electrons. The zero-order valence-electron chi connectivity index (χ0n) is 17.3. The summed E-state index contributed by atoms with van der Waals surface area (Å²) >= 11 is 0. The Hall–Kier alpha value is -2.37. The van der Waals surface area contributed by atoms with Crippen molar-refractivity contribution in [3.05, 3.63) is 35.9 Å². The van der Waals surface area contributed by atoms with Gasteiger partial charge in [0.15, 0.2) is 0 Å². The van der Waals surface area contributed by atoms with Crippen molar-refractivity contribution in [3.63, 3.8) is 0 Å². The van der Waals surface area contributed by atoms with E-state index in [4.69, 9.17) is 0 Å². The van der Waals surface area contributed by atoms with Gasteiger partial charge in [0.1, 0.15) is 0 Å². The lowest BCUT2D eigenvalue weighted by molar-refractivity contribution is -0.133. The van der Waals surface area contributed by atoms with Gasteiger partial charge in [-0.1, -0.05) is 36.8 Å². The Bertz CT molecular complexity index is 766. The van der Waals surface area contributed by atoms with Crippen LogP contribution in [0, 0.1) is 11.8 Å². The minimum atomic E-state index is 0.0451. The number of carbonyl (C=O) groups is 3. The molecular weight excluding hydrogens is 366 g/mol. The molecule has 0 aliphatic carbocycles. The molecule has 3 atom stereocenters. The van der Waals surface area contributed by atoms with Gasteiger partial charge in [-0.05, 0) is 18.4 Å². The van der Waals surface area contributed by atoms with Crippen LogP contribution in [-0.2, 0) is 14.4 Å². The third-order valence-corrected chi connectivity index (χ3v) is 6.83. The molecule has 0 saturated carbocycles. The van der Waals surface area contributed by atoms with Gasteiger partial charge in [0.05, 0.1) is 6.04 Å². The Morgan fingerprint density at radius 3 is 2.59 bits per heavy atom. The molecular formula is C23H31N3O3. The molecule has 156 valence electrons. The first-order valence-electron chi connectivity index (χ1n) is 10.9. The number of amides is 3. The third kappa shape index (κ3) is 4.16. The van der Waals surface area contributed by atoms with E-state index in [9.17, 15) is 14.4 Å². The van der Waals surface area contributed by atoms with Gasteiger partial charge < -0.3 is 14.7 Å². The van der Waals surface area contributed by atoms with E-state index in [2.05, 4.69) is 12.1 Å². The number of rotatable bonds is 4. The largest absolute Gasteiger partial charge is 0.342 e. The van der Waals surface area contributed by atoms with Crippen molar-refractivity contribution in [1.29, 1.82) is 0 Å². The fraction of sp³-hybridized carbons (Fsp3) is 0.609. The molecule has 1 aromatic carbocycles. The highest BCUT2D eigenvalue weighted by Gasteiger charge is 2.49. The van der Waals surface area contributed by atoms with Crippen LogP contribution in [0.4, 0.5) is 0 Å². The molecule has 0 N–H and O–H groups in total. The Kier molecular flexibility index (Phi) is 5.88. The molecule has 3 heterocycles. The number of likely N-dealkylation sites (tertiary alicyclic amines) is 3. The molecule has 3 aliphatic heterocycles. The van der Waals surface area contributed by atoms with Crippen molar-refractivity contribution in [2.24, 2.45) is 11.8 Å². The summed E-state index contributed by atoms with van der Waals surface area (Å²) in [5.74, 6) is 1.04. The van der Waals surface area contributed by atoms with Gasteiger partial charge in [0.25, 0.3) is 0 Å². The molecule has 1 aromatic rings. The van der Waals surface area contributed by atoms with E-state index in [0.29, 0.717) is 44.9 Å². The standard InChI is InChI=1S/C23H31N3O3/c1-17(27)26-15-19-14-25(16-20(19)23(26)18-8-4-2-5-9-18)22(29)11-13-24-12-7-3-6-10-21(24)28/h2,4-5,8-9,19-20,23H,3,6-7,10-16H2,1H3/t19-,20-,23+/m1/s1. The van der Waals surface area contributed by atoms with Crippen molar-refractivity contribution < 1.29 is 14.4 Å². The molecule has 3 saturated heterocycles. The molecule has 3 aliphatic rings. The highest BCUT2D eigenvalue weighted by atomic mass is 16.2. The zero-order chi connectivity index (χ0) is 20.4. The second-order valence-corrected chi connectivity index (χ2v) is 8.69. The predicted molar refractivity (Wildman–Crippen MR) is 110 cm³/mol. The summed E-state index contributed by atoms with van der Waals surface area (Å²) in [4.78, 5) is 43.1. The van der Waals surface area contributed by atoms with Gasteiger partial charge in [0, 0.05) is 64.3 Å². The van der Waals surface area contributed by atoms with Crippen molar-refractivity contribution in [2.45, 2.75) is 45.1 Å². The van der Waals surface area contributed by atoms with Gasteiger partial charge in [-0.15, -0.1) is 0 Å². The number of nitrogens with zero attached hydrogens (tertiary/aromatic N) is 3. The maximum absolute atomic E-state index is 12.9. The summed E-state index contributed by atoms with van der Waals surface area (Å²) in [6.45, 7) is 5.07. The van der Waals surface area contributed by atoms with Gasteiger partial charge in [-0.3, -0.25) is 14.4 Å². The van der Waals surface area contributed by atoms with Crippen molar-refractivity contribution >= 4 is 17.7 Å². The molecule has 0 aromatic heterocycles. The monoisotopic (exact) mass is 397 g/mol. The SMILES string of the molecule is CC(=O)N1C[C@H]2CN(C(=O)CCN3CCCCCC3=O)C[C@H]2[C@@H]1c1ccccc1. The van der Waals surface area contributed by atoms with Crippen LogP contribution in [0.15, 0.2) is 30.3 Å². The van der Waals surface area contributed by atoms with Crippen LogP contribution in [0.5, 0.6) is 0 Å². The van der Waals surface area contributed by atoms with E-state index in [1.165, 1.54) is 0 Å². The minimum absolute atomic E-state index is 0.0451. The van der Waals surface area contributed by atoms with Gasteiger partial charge >= 0.3 is 0 Å². The van der Waals surface area contributed by atoms with Gasteiger partial charge in [-0.2, -0.15) is 0 Å². The van der Waals surface area contributed by atoms with E-state index < -0.39 is 0 Å². The number of fused-ring (bicyclic) bond motifs is 1. The molecule has 3 amide bonds. The van der Waals surface area contributed by atoms with E-state index >= 15 is 0 Å². The van der Waals surface area contributed by atoms with Crippen LogP contribution in [-0.4, -0.2) is 65.1 Å². The van der Waals surface area contributed by atoms with Crippen molar-refractivity contribution in [2.75, 3.05) is 32.7 Å². The topological polar surface area (TPSA) is 60.9 Å². The first kappa shape index (κ1) is 19.9. The highest BCUT2D eigenvalue weighted by Crippen LogP contribution is 2.45. The van der Waals surface area contributed by atoms with Crippen LogP contribution in [0.2, 0.25) is 0 Å². The molecule has 6 heteroatoms. The highest BCUT2D eigenvalue weighted by molar-refractivity contribution is 5.80. The van der Waals surface area contributed by atoms with E-state index in [1.54, 1.807) is 6.92 Å². The van der Waals surface area contributed by atoms with E-state index in [0.717, 1.165) is 31.4 Å². The second kappa shape index (κ2) is 8.56. The minimum Gasteiger partial charge on any atom is -0.342 e. The molecule has 0 unspecified atom stereocenters. The predicted octanol–water partition coefficient (Wildman–Crippen LogP) is 2.46. The van der Waals surface area contributed by atoms with Crippen molar-refractivity contribution in [1.82, 2.24) is 14.7 Å². The quantitative estimate of drug-likeness (QED) is 0.784. The Labute approximate surface area is 172 Å². The van der Waals surface area contributed by atoms with Crippen LogP contribution < -0.4 is 0 Å². The molecule has 0 spiro atoms. The maximum Gasteiger partial charge on any atom is 0.224 e. The maximum atomic E-state index is 12.9. The second-order valence-electron chi connectivity index (χ2n) is 8.69. The van der Waals surface area contributed by atoms with Crippen LogP contribution in [0.3, 0.4) is 0 Å². The molecule has 29 heavy (non-hydrogen) atoms. The van der Waals surface area contributed by atoms with E-state index in [1.807, 2.05) is 32.9 Å². The molecule has 4 rings (SSSR count). The Balaban J connectivity index is 1.39. The zero-order valence-corrected chi connectivity index (χ0v) is 17.3. The fourth-order valence-electron chi connectivity index (χ4n) is 5.31. The lowest BCUT2D eigenvalue weighted by Gasteiger charge is -2.29. The van der Waals surface area contributed by atoms with E-state index in [-0.39, 0.29) is 29.7 Å². The van der Waals surface area contributed by atoms with Gasteiger partial charge in [-0.25, -0.2) is 0 Å². The summed E-state index contributed by atoms with van der Waals surface area (Å²) in [5.41, 5.74) is 1.15. The average Bonchev–Trinajstić information content (AvgIpc) is 3.21. The number of benzene rings is 1. The summed E-state index contributed by atoms with van der Waals surface area (Å²) in [6, 6.07) is 10.2. The normalized spacial score (nSPS) is 27.1. The number of carbonyl (C=O) groups excluding carboxylic acids is 3. The Morgan fingerprint density at radius 1 is 1.03 bits per heavy atom. The molecule has 0 bridgehead atoms. The summed E-state index contributed by atoms with van der Waals surface area (Å²) in [6.07, 6.45) is 4.11. The van der Waals surface area contributed by atoms with Crippen LogP contribution in [0.25, 0.3) is 0 Å². The molecule has 6 nitrogen and oxygen atoms in total. The summed E-state index contributed by atoms with van der Waals surface area (Å²) < 4.78 is 0. The summed E-state index contributed by atoms with van der Waals surface area (Å²) in [5, 5.41) is 0. The lowest BCUT2D eigenvalue weighted by Crippen LogP contribution is -2.38. The van der Waals surface area contributed by atoms with Crippen molar-refractivity contribution in [3.8, 4) is 0 Å². The first-order valence-corrected chi connectivity index (χ1v) is 10.9. The number of hydrogen-bond donors (Lipinski definition) is 0. The first-order chi connectivity index (χ1) is 14.0. The fourth-order valence-corrected chi connectivity index (χ4v) is 5.31. The van der Waals surface area contributed by atoms with Crippen LogP contribution in [0.1, 0.15) is 50.6 Å². The smallest absolute Gasteiger partial charge is 0.224 e. The van der Waals surface area contributed by atoms with Gasteiger partial charge in [0.2, 0.25) is 17.7 Å². The average molecular weight is 398 g/mol. The number of hydrogen-bond acceptors (Lipinski definition) is 3. The Morgan fingerprint density at radius 2 is 1.83 bits per heavy atom. The third-order valence-electron chi connectivity index (χ3n) is 6.83. The molecule has 3 fully saturated rings. The lowest BCUT2D eigenvalue weighted by atomic mass is 9.89. The summed E-state index contributed by atoms with van der Waals surface area (Å²) in [7, 11) is 0. The van der Waals surface area contributed by atoms with Crippen LogP contribution >= 0.6 is 0 Å².